The molecule has 0 bridgehead atoms. The maximum absolute atomic E-state index is 13.3. The molecule has 0 N–H and O–H groups in total. The fraction of sp³-hybridized carbons (Fsp3) is 0.250. The van der Waals surface area contributed by atoms with Crippen LogP contribution in [0.1, 0.15) is 42.3 Å². The number of sulfone groups is 1. The highest BCUT2D eigenvalue weighted by atomic mass is 35.5. The summed E-state index contributed by atoms with van der Waals surface area (Å²) >= 11 is 13.4. The Bertz CT molecular complexity index is 1590. The Morgan fingerprint density at radius 3 is 2.16 bits per heavy atom. The first-order valence-electron chi connectivity index (χ1n) is 12.0. The number of aromatic nitrogens is 2. The summed E-state index contributed by atoms with van der Waals surface area (Å²) in [6, 6.07) is 15.7. The molecule has 0 aliphatic heterocycles. The van der Waals surface area contributed by atoms with Crippen LogP contribution in [0.4, 0.5) is 4.39 Å². The minimum atomic E-state index is -3.29. The van der Waals surface area contributed by atoms with Gasteiger partial charge in [0.1, 0.15) is 11.6 Å². The molecule has 0 saturated heterocycles. The Hall–Kier alpha value is -3.07. The van der Waals surface area contributed by atoms with Crippen LogP contribution in [0.3, 0.4) is 0 Å². The van der Waals surface area contributed by atoms with Crippen molar-refractivity contribution in [1.82, 2.24) is 10.1 Å². The van der Waals surface area contributed by atoms with Crippen molar-refractivity contribution >= 4 is 38.8 Å². The van der Waals surface area contributed by atoms with Gasteiger partial charge in [-0.25, -0.2) is 12.8 Å². The van der Waals surface area contributed by atoms with Gasteiger partial charge in [-0.15, -0.1) is 0 Å². The first kappa shape index (κ1) is 26.5. The molecule has 5 rings (SSSR count). The van der Waals surface area contributed by atoms with Gasteiger partial charge < -0.3 is 4.52 Å². The lowest BCUT2D eigenvalue weighted by molar-refractivity contribution is -0.117. The molecule has 0 amide bonds. The van der Waals surface area contributed by atoms with Gasteiger partial charge in [-0.05, 0) is 72.5 Å². The first-order chi connectivity index (χ1) is 18.1. The lowest BCUT2D eigenvalue weighted by atomic mass is 9.93. The highest BCUT2D eigenvalue weighted by molar-refractivity contribution is 7.91. The number of hydrogen-bond donors (Lipinski definition) is 0. The molecule has 38 heavy (non-hydrogen) atoms. The average Bonchev–Trinajstić information content (AvgIpc) is 3.51. The van der Waals surface area contributed by atoms with Crippen LogP contribution < -0.4 is 0 Å². The molecular weight excluding hydrogens is 550 g/mol. The molecule has 3 aromatic carbocycles. The number of ketones is 1. The van der Waals surface area contributed by atoms with Crippen molar-refractivity contribution in [2.75, 3.05) is 5.75 Å². The largest absolute Gasteiger partial charge is 0.338 e. The molecule has 1 aliphatic rings. The van der Waals surface area contributed by atoms with E-state index >= 15 is 0 Å². The quantitative estimate of drug-likeness (QED) is 0.230. The number of benzene rings is 3. The molecule has 4 aromatic rings. The number of halogens is 3. The van der Waals surface area contributed by atoms with Crippen LogP contribution in [0.15, 0.2) is 70.1 Å². The number of carbonyl (C=O) groups is 1. The molecule has 196 valence electrons. The summed E-state index contributed by atoms with van der Waals surface area (Å²) in [5.41, 5.74) is 2.10. The summed E-state index contributed by atoms with van der Waals surface area (Å²) < 4.78 is 42.8. The summed E-state index contributed by atoms with van der Waals surface area (Å²) in [5, 5.41) is 4.88. The number of rotatable bonds is 9. The van der Waals surface area contributed by atoms with Gasteiger partial charge in [0, 0.05) is 34.0 Å². The van der Waals surface area contributed by atoms with Gasteiger partial charge in [0.05, 0.1) is 16.1 Å². The maximum Gasteiger partial charge on any atom is 0.237 e. The van der Waals surface area contributed by atoms with E-state index in [1.165, 1.54) is 24.3 Å². The zero-order chi connectivity index (χ0) is 27.1. The second kappa shape index (κ2) is 10.2. The predicted octanol–water partition coefficient (Wildman–Crippen LogP) is 6.41. The van der Waals surface area contributed by atoms with Gasteiger partial charge in [-0.2, -0.15) is 4.98 Å². The normalized spacial score (nSPS) is 14.4. The van der Waals surface area contributed by atoms with Crippen molar-refractivity contribution in [3.05, 3.63) is 99.1 Å². The lowest BCUT2D eigenvalue weighted by Crippen LogP contribution is -2.12. The third-order valence-corrected chi connectivity index (χ3v) is 9.08. The third-order valence-electron chi connectivity index (χ3n) is 6.73. The summed E-state index contributed by atoms with van der Waals surface area (Å²) in [6.45, 7) is 1.59. The Morgan fingerprint density at radius 1 is 0.974 bits per heavy atom. The van der Waals surface area contributed by atoms with Crippen LogP contribution in [0.25, 0.3) is 11.4 Å². The molecular formula is C28H23Cl2FN2O4S. The number of hydrogen-bond acceptors (Lipinski definition) is 6. The Morgan fingerprint density at radius 2 is 1.58 bits per heavy atom. The van der Waals surface area contributed by atoms with Crippen LogP contribution in [0.2, 0.25) is 10.0 Å². The van der Waals surface area contributed by atoms with Gasteiger partial charge in [0.2, 0.25) is 11.7 Å². The van der Waals surface area contributed by atoms with Gasteiger partial charge in [0.15, 0.2) is 9.84 Å². The minimum absolute atomic E-state index is 0.0198. The topological polar surface area (TPSA) is 90.1 Å². The fourth-order valence-electron chi connectivity index (χ4n) is 4.51. The van der Waals surface area contributed by atoms with E-state index in [9.17, 15) is 17.6 Å². The number of carbonyl (C=O) groups excluding carboxylic acids is 1. The molecule has 6 nitrogen and oxygen atoms in total. The molecule has 0 spiro atoms. The lowest BCUT2D eigenvalue weighted by Gasteiger charge is -2.16. The zero-order valence-electron chi connectivity index (χ0n) is 20.4. The van der Waals surface area contributed by atoms with Crippen molar-refractivity contribution in [2.45, 2.75) is 42.9 Å². The number of nitrogens with zero attached hydrogens (tertiary/aromatic N) is 2. The van der Waals surface area contributed by atoms with E-state index in [0.717, 1.165) is 18.4 Å². The van der Waals surface area contributed by atoms with Crippen LogP contribution in [0.5, 0.6) is 0 Å². The van der Waals surface area contributed by atoms with Crippen molar-refractivity contribution in [3.63, 3.8) is 0 Å². The molecule has 1 saturated carbocycles. The standard InChI is InChI=1S/C28H23Cl2FN2O4S/c1-2-38(35,36)22-9-3-17(4-10-22)13-21(34)14-18-15-23(29)25(24(30)16-18)28(11-12-28)27-32-26(33-37-27)19-5-7-20(31)8-6-19/h3-10,15-16H,2,11-14H2,1H3. The molecule has 1 fully saturated rings. The van der Waals surface area contributed by atoms with Crippen molar-refractivity contribution in [2.24, 2.45) is 0 Å². The molecule has 0 unspecified atom stereocenters. The fourth-order valence-corrected chi connectivity index (χ4v) is 6.29. The van der Waals surface area contributed by atoms with Gasteiger partial charge in [0.25, 0.3) is 0 Å². The SMILES string of the molecule is CCS(=O)(=O)c1ccc(CC(=O)Cc2cc(Cl)c(C3(c4nc(-c5ccc(F)cc5)no4)CC3)c(Cl)c2)cc1. The molecule has 1 aromatic heterocycles. The van der Waals surface area contributed by atoms with Crippen LogP contribution in [-0.4, -0.2) is 30.1 Å². The average molecular weight is 573 g/mol. The molecule has 0 atom stereocenters. The first-order valence-corrected chi connectivity index (χ1v) is 14.4. The smallest absolute Gasteiger partial charge is 0.237 e. The predicted molar refractivity (Wildman–Crippen MR) is 143 cm³/mol. The summed E-state index contributed by atoms with van der Waals surface area (Å²) in [7, 11) is -3.29. The summed E-state index contributed by atoms with van der Waals surface area (Å²) in [6.07, 6.45) is 1.72. The van der Waals surface area contributed by atoms with E-state index in [1.807, 2.05) is 0 Å². The van der Waals surface area contributed by atoms with E-state index in [1.54, 1.807) is 43.3 Å². The van der Waals surface area contributed by atoms with Crippen LogP contribution in [0, 0.1) is 5.82 Å². The van der Waals surface area contributed by atoms with Crippen molar-refractivity contribution in [3.8, 4) is 11.4 Å². The van der Waals surface area contributed by atoms with E-state index in [-0.39, 0.29) is 35.1 Å². The van der Waals surface area contributed by atoms with E-state index < -0.39 is 15.3 Å². The van der Waals surface area contributed by atoms with Crippen molar-refractivity contribution < 1.29 is 22.1 Å². The molecule has 1 aliphatic carbocycles. The molecule has 1 heterocycles. The minimum Gasteiger partial charge on any atom is -0.338 e. The highest BCUT2D eigenvalue weighted by Gasteiger charge is 2.53. The maximum atomic E-state index is 13.3. The van der Waals surface area contributed by atoms with Crippen LogP contribution >= 0.6 is 23.2 Å². The van der Waals surface area contributed by atoms with Gasteiger partial charge in [-0.1, -0.05) is 47.4 Å². The Kier molecular flexibility index (Phi) is 7.15. The van der Waals surface area contributed by atoms with Gasteiger partial charge in [-0.3, -0.25) is 4.79 Å². The van der Waals surface area contributed by atoms with E-state index in [0.29, 0.717) is 38.5 Å². The zero-order valence-corrected chi connectivity index (χ0v) is 22.7. The summed E-state index contributed by atoms with van der Waals surface area (Å²) in [5.74, 6) is 0.344. The van der Waals surface area contributed by atoms with E-state index in [2.05, 4.69) is 10.1 Å². The second-order valence-corrected chi connectivity index (χ2v) is 12.5. The Labute approximate surface area is 229 Å². The third kappa shape index (κ3) is 5.25. The van der Waals surface area contributed by atoms with Crippen molar-refractivity contribution in [1.29, 1.82) is 0 Å². The van der Waals surface area contributed by atoms with E-state index in [4.69, 9.17) is 27.7 Å². The second-order valence-electron chi connectivity index (χ2n) is 9.39. The number of Topliss-reactive ketones (excluding diaryl/α,β-unsaturated/α-hetero) is 1. The van der Waals surface area contributed by atoms with Gasteiger partial charge >= 0.3 is 0 Å². The Balaban J connectivity index is 1.32. The summed E-state index contributed by atoms with van der Waals surface area (Å²) in [4.78, 5) is 17.5. The van der Waals surface area contributed by atoms with Crippen LogP contribution in [-0.2, 0) is 32.9 Å². The monoisotopic (exact) mass is 572 g/mol. The highest BCUT2D eigenvalue weighted by Crippen LogP contribution is 2.57. The molecule has 0 radical (unpaired) electrons. The molecule has 10 heteroatoms.